The molecular formula is C29H40O3. The molecule has 0 amide bonds. The molecule has 1 heterocycles. The Hall–Kier alpha value is -1.32. The normalized spacial score (nSPS) is 40.0. The summed E-state index contributed by atoms with van der Waals surface area (Å²) in [6, 6.07) is 8.00. The first-order valence-electron chi connectivity index (χ1n) is 13.1. The zero-order chi connectivity index (χ0) is 22.1. The van der Waals surface area contributed by atoms with Gasteiger partial charge in [-0.3, -0.25) is 0 Å². The molecule has 0 unspecified atom stereocenters. The summed E-state index contributed by atoms with van der Waals surface area (Å²) < 4.78 is 13.1. The van der Waals surface area contributed by atoms with Crippen LogP contribution in [0.5, 0.6) is 5.75 Å². The van der Waals surface area contributed by atoms with Crippen LogP contribution in [0.15, 0.2) is 35.4 Å². The molecule has 1 aromatic carbocycles. The lowest BCUT2D eigenvalue weighted by Crippen LogP contribution is -2.52. The van der Waals surface area contributed by atoms with Crippen LogP contribution in [0.4, 0.5) is 0 Å². The van der Waals surface area contributed by atoms with Crippen molar-refractivity contribution in [2.45, 2.75) is 90.3 Å². The third-order valence-electron chi connectivity index (χ3n) is 9.93. The number of allylic oxidation sites excluding steroid dienone is 1. The van der Waals surface area contributed by atoms with Crippen molar-refractivity contribution in [2.24, 2.45) is 28.6 Å². The zero-order valence-corrected chi connectivity index (χ0v) is 20.2. The highest BCUT2D eigenvalue weighted by Crippen LogP contribution is 2.63. The first-order chi connectivity index (χ1) is 15.3. The van der Waals surface area contributed by atoms with Crippen LogP contribution >= 0.6 is 0 Å². The van der Waals surface area contributed by atoms with E-state index < -0.39 is 5.79 Å². The van der Waals surface area contributed by atoms with E-state index in [4.69, 9.17) is 9.47 Å². The lowest BCUT2D eigenvalue weighted by molar-refractivity contribution is -0.304. The van der Waals surface area contributed by atoms with E-state index in [1.807, 2.05) is 12.1 Å². The molecule has 1 spiro atoms. The second-order valence-corrected chi connectivity index (χ2v) is 12.7. The molecule has 0 bridgehead atoms. The van der Waals surface area contributed by atoms with Gasteiger partial charge in [0.2, 0.25) is 0 Å². The highest BCUT2D eigenvalue weighted by molar-refractivity contribution is 5.41. The Balaban J connectivity index is 1.39. The molecule has 174 valence electrons. The molecule has 2 saturated carbocycles. The van der Waals surface area contributed by atoms with Crippen molar-refractivity contribution in [2.75, 3.05) is 13.2 Å². The molecule has 4 aliphatic carbocycles. The Morgan fingerprint density at radius 1 is 0.938 bits per heavy atom. The van der Waals surface area contributed by atoms with Crippen LogP contribution in [0.25, 0.3) is 0 Å². The minimum Gasteiger partial charge on any atom is -0.508 e. The molecule has 1 aliphatic heterocycles. The first kappa shape index (κ1) is 21.2. The van der Waals surface area contributed by atoms with Crippen LogP contribution in [0.3, 0.4) is 0 Å². The quantitative estimate of drug-likeness (QED) is 0.484. The minimum absolute atomic E-state index is 0.0852. The van der Waals surface area contributed by atoms with Gasteiger partial charge < -0.3 is 14.6 Å². The van der Waals surface area contributed by atoms with Gasteiger partial charge in [-0.05, 0) is 79.4 Å². The summed E-state index contributed by atoms with van der Waals surface area (Å²) in [5.74, 6) is 2.72. The van der Waals surface area contributed by atoms with E-state index in [2.05, 4.69) is 32.9 Å². The van der Waals surface area contributed by atoms with E-state index in [9.17, 15) is 5.11 Å². The SMILES string of the molecule is CC1(C)COC2(CC3=C([C@H](c4ccc(O)cc4)C2)[C@H]2CC[C@]4(C)CCC[C@H]4[C@@H]2CC3)OC1. The maximum absolute atomic E-state index is 9.94. The van der Waals surface area contributed by atoms with Crippen molar-refractivity contribution in [3.8, 4) is 5.75 Å². The largest absolute Gasteiger partial charge is 0.508 e. The van der Waals surface area contributed by atoms with Gasteiger partial charge in [0.05, 0.1) is 13.2 Å². The van der Waals surface area contributed by atoms with Crippen molar-refractivity contribution in [1.29, 1.82) is 0 Å². The van der Waals surface area contributed by atoms with E-state index in [1.54, 1.807) is 11.1 Å². The zero-order valence-electron chi connectivity index (χ0n) is 20.2. The summed E-state index contributed by atoms with van der Waals surface area (Å²) in [4.78, 5) is 0. The second kappa shape index (κ2) is 7.34. The fourth-order valence-corrected chi connectivity index (χ4v) is 8.29. The Bertz CT molecular complexity index is 903. The predicted octanol–water partition coefficient (Wildman–Crippen LogP) is 6.96. The van der Waals surface area contributed by atoms with Gasteiger partial charge in [0, 0.05) is 24.2 Å². The van der Waals surface area contributed by atoms with Crippen molar-refractivity contribution in [3.63, 3.8) is 0 Å². The van der Waals surface area contributed by atoms with Gasteiger partial charge in [-0.1, -0.05) is 50.5 Å². The Morgan fingerprint density at radius 3 is 2.44 bits per heavy atom. The summed E-state index contributed by atoms with van der Waals surface area (Å²) in [7, 11) is 0. The van der Waals surface area contributed by atoms with E-state index in [-0.39, 0.29) is 5.41 Å². The predicted molar refractivity (Wildman–Crippen MR) is 126 cm³/mol. The maximum Gasteiger partial charge on any atom is 0.172 e. The number of ether oxygens (including phenoxy) is 2. The smallest absolute Gasteiger partial charge is 0.172 e. The molecule has 3 heteroatoms. The lowest BCUT2D eigenvalue weighted by atomic mass is 9.52. The van der Waals surface area contributed by atoms with Crippen LogP contribution in [-0.2, 0) is 9.47 Å². The van der Waals surface area contributed by atoms with E-state index in [0.717, 1.165) is 43.8 Å². The summed E-state index contributed by atoms with van der Waals surface area (Å²) >= 11 is 0. The van der Waals surface area contributed by atoms with Crippen LogP contribution in [0, 0.1) is 28.6 Å². The molecule has 0 radical (unpaired) electrons. The molecule has 3 nitrogen and oxygen atoms in total. The van der Waals surface area contributed by atoms with Crippen molar-refractivity contribution in [1.82, 2.24) is 0 Å². The molecule has 5 atom stereocenters. The number of phenolic OH excluding ortho intramolecular Hbond substituents is 1. The Kier molecular flexibility index (Phi) is 4.87. The van der Waals surface area contributed by atoms with Gasteiger partial charge in [-0.25, -0.2) is 0 Å². The van der Waals surface area contributed by atoms with Crippen LogP contribution in [0.1, 0.15) is 90.0 Å². The fourth-order valence-electron chi connectivity index (χ4n) is 8.29. The third-order valence-corrected chi connectivity index (χ3v) is 9.93. The molecular weight excluding hydrogens is 396 g/mol. The van der Waals surface area contributed by atoms with Gasteiger partial charge in [-0.2, -0.15) is 0 Å². The molecule has 3 fully saturated rings. The van der Waals surface area contributed by atoms with Gasteiger partial charge in [0.25, 0.3) is 0 Å². The van der Waals surface area contributed by atoms with Crippen molar-refractivity contribution in [3.05, 3.63) is 41.0 Å². The lowest BCUT2D eigenvalue weighted by Gasteiger charge is -2.55. The van der Waals surface area contributed by atoms with Gasteiger partial charge >= 0.3 is 0 Å². The third kappa shape index (κ3) is 3.38. The average Bonchev–Trinajstić information content (AvgIpc) is 3.18. The van der Waals surface area contributed by atoms with Crippen molar-refractivity contribution >= 4 is 0 Å². The van der Waals surface area contributed by atoms with Crippen molar-refractivity contribution < 1.29 is 14.6 Å². The number of rotatable bonds is 1. The fraction of sp³-hybridized carbons (Fsp3) is 0.724. The first-order valence-corrected chi connectivity index (χ1v) is 13.1. The molecule has 1 aromatic rings. The number of fused-ring (bicyclic) bond motifs is 4. The van der Waals surface area contributed by atoms with Crippen LogP contribution in [0.2, 0.25) is 0 Å². The molecule has 32 heavy (non-hydrogen) atoms. The Labute approximate surface area is 193 Å². The van der Waals surface area contributed by atoms with Gasteiger partial charge in [-0.15, -0.1) is 0 Å². The van der Waals surface area contributed by atoms with Gasteiger partial charge in [0.1, 0.15) is 5.75 Å². The van der Waals surface area contributed by atoms with E-state index >= 15 is 0 Å². The summed E-state index contributed by atoms with van der Waals surface area (Å²) in [5, 5.41) is 9.94. The standard InChI is InChI=1S/C29H40O3/c1-27(2)17-31-29(32-18-27)15-20-8-11-22-23(12-14-28(3)13-4-5-25(22)28)26(20)24(16-29)19-6-9-21(30)10-7-19/h6-7,9-10,22-25,30H,4-5,8,11-18H2,1-3H3/t22-,23+,24+,25+,28+/m1/s1. The number of benzene rings is 1. The number of hydrogen-bond donors (Lipinski definition) is 1. The number of hydrogen-bond acceptors (Lipinski definition) is 3. The van der Waals surface area contributed by atoms with Crippen LogP contribution < -0.4 is 0 Å². The molecule has 0 aromatic heterocycles. The van der Waals surface area contributed by atoms with Gasteiger partial charge in [0.15, 0.2) is 5.79 Å². The highest BCUT2D eigenvalue weighted by Gasteiger charge is 2.55. The van der Waals surface area contributed by atoms with Crippen LogP contribution in [-0.4, -0.2) is 24.1 Å². The second-order valence-electron chi connectivity index (χ2n) is 12.7. The minimum atomic E-state index is -0.472. The summed E-state index contributed by atoms with van der Waals surface area (Å²) in [6.45, 7) is 8.59. The van der Waals surface area contributed by atoms with E-state index in [1.165, 1.54) is 50.5 Å². The molecule has 5 aliphatic rings. The monoisotopic (exact) mass is 436 g/mol. The Morgan fingerprint density at radius 2 is 1.69 bits per heavy atom. The topological polar surface area (TPSA) is 38.7 Å². The molecule has 6 rings (SSSR count). The maximum atomic E-state index is 9.94. The van der Waals surface area contributed by atoms with E-state index in [0.29, 0.717) is 17.1 Å². The number of phenols is 1. The summed E-state index contributed by atoms with van der Waals surface area (Å²) in [6.07, 6.45) is 11.5. The molecule has 1 N–H and O–H groups in total. The highest BCUT2D eigenvalue weighted by atomic mass is 16.7. The molecule has 1 saturated heterocycles. The summed E-state index contributed by atoms with van der Waals surface area (Å²) in [5.41, 5.74) is 5.37. The average molecular weight is 437 g/mol. The number of aromatic hydroxyl groups is 1.